The van der Waals surface area contributed by atoms with Crippen molar-refractivity contribution in [1.82, 2.24) is 19.9 Å². The summed E-state index contributed by atoms with van der Waals surface area (Å²) in [6.07, 6.45) is 0. The molecule has 0 unspecified atom stereocenters. The fraction of sp³-hybridized carbons (Fsp3) is 0.0435. The van der Waals surface area contributed by atoms with Gasteiger partial charge >= 0.3 is 5.97 Å². The average molecular weight is 464 g/mol. The molecule has 0 aliphatic rings. The van der Waals surface area contributed by atoms with Crippen LogP contribution in [-0.4, -0.2) is 38.9 Å². The molecule has 5 aromatic rings. The van der Waals surface area contributed by atoms with Gasteiger partial charge < -0.3 is 14.7 Å². The molecule has 3 aromatic carbocycles. The summed E-state index contributed by atoms with van der Waals surface area (Å²) in [7, 11) is 1.30. The lowest BCUT2D eigenvalue weighted by Crippen LogP contribution is -2.12. The summed E-state index contributed by atoms with van der Waals surface area (Å²) in [5, 5.41) is 2.92. The van der Waals surface area contributed by atoms with Gasteiger partial charge in [-0.3, -0.25) is 10.1 Å². The van der Waals surface area contributed by atoms with E-state index in [-0.39, 0.29) is 22.4 Å². The molecule has 0 radical (unpaired) electrons. The van der Waals surface area contributed by atoms with Gasteiger partial charge in [-0.05, 0) is 48.5 Å². The first kappa shape index (κ1) is 20.7. The van der Waals surface area contributed by atoms with Crippen molar-refractivity contribution in [1.29, 1.82) is 0 Å². The number of hydrogen-bond donors (Lipinski definition) is 3. The third kappa shape index (κ3) is 3.79. The molecule has 33 heavy (non-hydrogen) atoms. The second-order valence-electron chi connectivity index (χ2n) is 7.18. The Morgan fingerprint density at radius 3 is 2.42 bits per heavy atom. The molecular weight excluding hydrogens is 449 g/mol. The number of nitrogens with zero attached hydrogens (tertiary/aromatic N) is 2. The van der Waals surface area contributed by atoms with Crippen molar-refractivity contribution < 1.29 is 18.7 Å². The summed E-state index contributed by atoms with van der Waals surface area (Å²) in [5.41, 5.74) is 3.12. The number of halogens is 2. The maximum atomic E-state index is 14.2. The summed E-state index contributed by atoms with van der Waals surface area (Å²) < 4.78 is 19.0. The predicted molar refractivity (Wildman–Crippen MR) is 122 cm³/mol. The van der Waals surface area contributed by atoms with Crippen LogP contribution in [0.4, 0.5) is 10.3 Å². The number of carbonyl (C=O) groups excluding carboxylic acids is 2. The van der Waals surface area contributed by atoms with Crippen molar-refractivity contribution >= 4 is 51.5 Å². The number of ether oxygens (including phenoxy) is 1. The van der Waals surface area contributed by atoms with Crippen LogP contribution in [0.1, 0.15) is 20.7 Å². The molecule has 8 nitrogen and oxygen atoms in total. The van der Waals surface area contributed by atoms with E-state index in [0.29, 0.717) is 33.2 Å². The molecule has 164 valence electrons. The lowest BCUT2D eigenvalue weighted by atomic mass is 10.2. The highest BCUT2D eigenvalue weighted by molar-refractivity contribution is 6.33. The van der Waals surface area contributed by atoms with Crippen LogP contribution in [0, 0.1) is 5.82 Å². The van der Waals surface area contributed by atoms with E-state index in [2.05, 4.69) is 25.3 Å². The average Bonchev–Trinajstić information content (AvgIpc) is 3.40. The quantitative estimate of drug-likeness (QED) is 0.327. The van der Waals surface area contributed by atoms with E-state index in [0.717, 1.165) is 0 Å². The Morgan fingerprint density at radius 2 is 1.67 bits per heavy atom. The number of esters is 1. The van der Waals surface area contributed by atoms with Gasteiger partial charge in [-0.15, -0.1) is 0 Å². The third-order valence-corrected chi connectivity index (χ3v) is 5.39. The molecule has 0 aliphatic heterocycles. The van der Waals surface area contributed by atoms with Gasteiger partial charge in [-0.2, -0.15) is 0 Å². The molecule has 5 rings (SSSR count). The smallest absolute Gasteiger partial charge is 0.337 e. The van der Waals surface area contributed by atoms with E-state index < -0.39 is 17.7 Å². The zero-order valence-electron chi connectivity index (χ0n) is 17.1. The number of amides is 1. The molecule has 0 saturated heterocycles. The minimum Gasteiger partial charge on any atom is -0.465 e. The number of fused-ring (bicyclic) bond motifs is 2. The highest BCUT2D eigenvalue weighted by Crippen LogP contribution is 2.30. The lowest BCUT2D eigenvalue weighted by Gasteiger charge is -2.02. The van der Waals surface area contributed by atoms with Crippen molar-refractivity contribution in [3.63, 3.8) is 0 Å². The van der Waals surface area contributed by atoms with Gasteiger partial charge in [-0.25, -0.2) is 19.2 Å². The molecule has 0 aliphatic carbocycles. The maximum Gasteiger partial charge on any atom is 0.337 e. The summed E-state index contributed by atoms with van der Waals surface area (Å²) in [6.45, 7) is 0. The van der Waals surface area contributed by atoms with Crippen LogP contribution in [-0.2, 0) is 4.74 Å². The predicted octanol–water partition coefficient (Wildman–Crippen LogP) is 4.94. The van der Waals surface area contributed by atoms with Crippen LogP contribution in [0.25, 0.3) is 33.5 Å². The van der Waals surface area contributed by atoms with Crippen LogP contribution in [0.3, 0.4) is 0 Å². The van der Waals surface area contributed by atoms with Gasteiger partial charge in [0.05, 0.1) is 45.3 Å². The van der Waals surface area contributed by atoms with Gasteiger partial charge in [0.2, 0.25) is 5.95 Å². The maximum absolute atomic E-state index is 14.2. The molecule has 3 N–H and O–H groups in total. The minimum absolute atomic E-state index is 0.162. The number of imidazole rings is 2. The molecule has 2 heterocycles. The van der Waals surface area contributed by atoms with Crippen LogP contribution in [0.5, 0.6) is 0 Å². The van der Waals surface area contributed by atoms with E-state index in [1.165, 1.54) is 19.2 Å². The van der Waals surface area contributed by atoms with Crippen LogP contribution in [0.2, 0.25) is 5.02 Å². The van der Waals surface area contributed by atoms with Gasteiger partial charge in [0.15, 0.2) is 0 Å². The number of rotatable bonds is 4. The van der Waals surface area contributed by atoms with Crippen molar-refractivity contribution in [2.24, 2.45) is 0 Å². The van der Waals surface area contributed by atoms with Gasteiger partial charge in [-0.1, -0.05) is 17.7 Å². The number of carbonyl (C=O) groups is 2. The molecule has 0 bridgehead atoms. The summed E-state index contributed by atoms with van der Waals surface area (Å²) in [6, 6.07) is 14.1. The zero-order chi connectivity index (χ0) is 23.1. The Balaban J connectivity index is 1.42. The standard InChI is InChI=1S/C23H15ClFN5O3/c1-33-22(32)12-6-8-16-18(10-12)29-23(28-16)30-21(31)11-5-7-15-17(9-11)27-20(26-15)19-13(24)3-2-4-14(19)25/h2-10H,1H3,(H,26,27)(H2,28,29,30,31). The van der Waals surface area contributed by atoms with Gasteiger partial charge in [0.25, 0.3) is 5.91 Å². The van der Waals surface area contributed by atoms with E-state index in [9.17, 15) is 14.0 Å². The van der Waals surface area contributed by atoms with E-state index >= 15 is 0 Å². The Kier molecular flexibility index (Phi) is 5.02. The summed E-state index contributed by atoms with van der Waals surface area (Å²) >= 11 is 6.13. The molecule has 0 saturated carbocycles. The minimum atomic E-state index is -0.500. The summed E-state index contributed by atoms with van der Waals surface area (Å²) in [4.78, 5) is 39.2. The second-order valence-corrected chi connectivity index (χ2v) is 7.58. The highest BCUT2D eigenvalue weighted by Gasteiger charge is 2.16. The largest absolute Gasteiger partial charge is 0.465 e. The number of nitrogens with one attached hydrogen (secondary N) is 3. The third-order valence-electron chi connectivity index (χ3n) is 5.08. The number of methoxy groups -OCH3 is 1. The molecule has 0 atom stereocenters. The normalized spacial score (nSPS) is 11.1. The SMILES string of the molecule is COC(=O)c1ccc2nc(NC(=O)c3ccc4nc(-c5c(F)cccc5Cl)[nH]c4c3)[nH]c2c1. The monoisotopic (exact) mass is 463 g/mol. The van der Waals surface area contributed by atoms with Crippen LogP contribution >= 0.6 is 11.6 Å². The number of H-pyrrole nitrogens is 2. The number of aromatic amines is 2. The fourth-order valence-corrected chi connectivity index (χ4v) is 3.74. The van der Waals surface area contributed by atoms with Crippen LogP contribution in [0.15, 0.2) is 54.6 Å². The lowest BCUT2D eigenvalue weighted by molar-refractivity contribution is 0.0600. The molecular formula is C23H15ClFN5O3. The van der Waals surface area contributed by atoms with Crippen molar-refractivity contribution in [2.45, 2.75) is 0 Å². The Hall–Kier alpha value is -4.24. The van der Waals surface area contributed by atoms with Crippen LogP contribution < -0.4 is 5.32 Å². The molecule has 1 amide bonds. The van der Waals surface area contributed by atoms with Gasteiger partial charge in [0.1, 0.15) is 11.6 Å². The zero-order valence-corrected chi connectivity index (χ0v) is 17.8. The van der Waals surface area contributed by atoms with E-state index in [1.807, 2.05) is 0 Å². The highest BCUT2D eigenvalue weighted by atomic mass is 35.5. The number of anilines is 1. The van der Waals surface area contributed by atoms with Crippen molar-refractivity contribution in [3.05, 3.63) is 76.6 Å². The molecule has 0 spiro atoms. The first-order chi connectivity index (χ1) is 15.9. The van der Waals surface area contributed by atoms with E-state index in [1.54, 1.807) is 42.5 Å². The Morgan fingerprint density at radius 1 is 0.970 bits per heavy atom. The first-order valence-electron chi connectivity index (χ1n) is 9.76. The number of hydrogen-bond acceptors (Lipinski definition) is 5. The number of aromatic nitrogens is 4. The molecule has 0 fully saturated rings. The Labute approximate surface area is 190 Å². The Bertz CT molecular complexity index is 1540. The summed E-state index contributed by atoms with van der Waals surface area (Å²) in [5.74, 6) is -0.894. The van der Waals surface area contributed by atoms with Crippen molar-refractivity contribution in [3.8, 4) is 11.4 Å². The molecule has 2 aromatic heterocycles. The fourth-order valence-electron chi connectivity index (χ4n) is 3.49. The van der Waals surface area contributed by atoms with Crippen molar-refractivity contribution in [2.75, 3.05) is 12.4 Å². The molecule has 10 heteroatoms. The second kappa shape index (κ2) is 8.03. The number of benzene rings is 3. The van der Waals surface area contributed by atoms with E-state index in [4.69, 9.17) is 16.3 Å². The van der Waals surface area contributed by atoms with Gasteiger partial charge in [0, 0.05) is 5.56 Å². The first-order valence-corrected chi connectivity index (χ1v) is 10.1. The topological polar surface area (TPSA) is 113 Å².